The van der Waals surface area contributed by atoms with Crippen molar-refractivity contribution in [1.29, 1.82) is 0 Å². The van der Waals surface area contributed by atoms with Crippen LogP contribution in [0.1, 0.15) is 6.92 Å². The zero-order chi connectivity index (χ0) is 16.2. The molecule has 9 heteroatoms. The van der Waals surface area contributed by atoms with Crippen molar-refractivity contribution in [2.24, 2.45) is 0 Å². The fourth-order valence-corrected chi connectivity index (χ4v) is 3.26. The molecular formula is C14H16ClN5O2S. The molecule has 2 aromatic rings. The number of morpholine rings is 1. The van der Waals surface area contributed by atoms with E-state index in [0.29, 0.717) is 36.5 Å². The molecule has 0 saturated carbocycles. The number of rotatable bonds is 4. The Morgan fingerprint density at radius 1 is 1.30 bits per heavy atom. The number of amides is 1. The molecule has 0 spiro atoms. The Balaban J connectivity index is 1.71. The van der Waals surface area contributed by atoms with Gasteiger partial charge in [-0.1, -0.05) is 23.4 Å². The van der Waals surface area contributed by atoms with Crippen LogP contribution in [0.3, 0.4) is 0 Å². The number of benzene rings is 1. The summed E-state index contributed by atoms with van der Waals surface area (Å²) >= 11 is 7.24. The molecule has 1 aliphatic rings. The molecule has 1 aromatic carbocycles. The number of thioether (sulfide) groups is 1. The Bertz CT molecular complexity index is 672. The Morgan fingerprint density at radius 3 is 2.70 bits per heavy atom. The van der Waals surface area contributed by atoms with Crippen molar-refractivity contribution < 1.29 is 9.53 Å². The molecule has 1 amide bonds. The van der Waals surface area contributed by atoms with Crippen LogP contribution in [0, 0.1) is 0 Å². The Kier molecular flexibility index (Phi) is 5.14. The summed E-state index contributed by atoms with van der Waals surface area (Å²) in [5.41, 5.74) is 0.799. The van der Waals surface area contributed by atoms with Gasteiger partial charge in [0, 0.05) is 18.1 Å². The van der Waals surface area contributed by atoms with Crippen molar-refractivity contribution in [3.05, 3.63) is 29.3 Å². The summed E-state index contributed by atoms with van der Waals surface area (Å²) < 4.78 is 6.88. The third-order valence-corrected chi connectivity index (χ3v) is 4.74. The van der Waals surface area contributed by atoms with Crippen LogP contribution in [0.5, 0.6) is 0 Å². The molecule has 1 fully saturated rings. The van der Waals surface area contributed by atoms with Crippen LogP contribution in [-0.2, 0) is 9.53 Å². The van der Waals surface area contributed by atoms with E-state index in [4.69, 9.17) is 16.3 Å². The average Bonchev–Trinajstić information content (AvgIpc) is 3.03. The topological polar surface area (TPSA) is 73.1 Å². The summed E-state index contributed by atoms with van der Waals surface area (Å²) in [4.78, 5) is 14.3. The predicted molar refractivity (Wildman–Crippen MR) is 86.9 cm³/mol. The van der Waals surface area contributed by atoms with Gasteiger partial charge < -0.3 is 9.64 Å². The predicted octanol–water partition coefficient (Wildman–Crippen LogP) is 1.66. The fraction of sp³-hybridized carbons (Fsp3) is 0.429. The first-order valence-electron chi connectivity index (χ1n) is 7.22. The lowest BCUT2D eigenvalue weighted by Gasteiger charge is -2.28. The Morgan fingerprint density at radius 2 is 2.00 bits per heavy atom. The molecule has 1 aliphatic heterocycles. The molecule has 1 saturated heterocycles. The number of carbonyl (C=O) groups excluding carboxylic acids is 1. The highest BCUT2D eigenvalue weighted by atomic mass is 35.5. The average molecular weight is 354 g/mol. The minimum Gasteiger partial charge on any atom is -0.378 e. The number of tetrazole rings is 1. The van der Waals surface area contributed by atoms with E-state index in [1.807, 2.05) is 24.0 Å². The van der Waals surface area contributed by atoms with Crippen LogP contribution in [0.25, 0.3) is 5.69 Å². The number of aromatic nitrogens is 4. The van der Waals surface area contributed by atoms with E-state index < -0.39 is 0 Å². The van der Waals surface area contributed by atoms with Crippen LogP contribution in [0.4, 0.5) is 0 Å². The van der Waals surface area contributed by atoms with Gasteiger partial charge in [0.1, 0.15) is 0 Å². The minimum atomic E-state index is -0.273. The van der Waals surface area contributed by atoms with Crippen molar-refractivity contribution in [2.75, 3.05) is 26.3 Å². The SMILES string of the molecule is CC(Sc1nnnn1-c1ccc(Cl)cc1)C(=O)N1CCOCC1. The molecule has 0 aliphatic carbocycles. The standard InChI is InChI=1S/C14H16ClN5O2S/c1-10(13(21)19-6-8-22-9-7-19)23-14-16-17-18-20(14)12-4-2-11(15)3-5-12/h2-5,10H,6-9H2,1H3. The third-order valence-electron chi connectivity index (χ3n) is 3.46. The van der Waals surface area contributed by atoms with Gasteiger partial charge in [0.25, 0.3) is 0 Å². The lowest BCUT2D eigenvalue weighted by molar-refractivity contribution is -0.134. The van der Waals surface area contributed by atoms with Crippen molar-refractivity contribution in [2.45, 2.75) is 17.3 Å². The number of nitrogens with zero attached hydrogens (tertiary/aromatic N) is 5. The molecule has 23 heavy (non-hydrogen) atoms. The van der Waals surface area contributed by atoms with Crippen molar-refractivity contribution >= 4 is 29.3 Å². The summed E-state index contributed by atoms with van der Waals surface area (Å²) in [7, 11) is 0. The van der Waals surface area contributed by atoms with Crippen molar-refractivity contribution in [3.8, 4) is 5.69 Å². The largest absolute Gasteiger partial charge is 0.378 e. The molecule has 3 rings (SSSR count). The molecule has 1 atom stereocenters. The first-order valence-corrected chi connectivity index (χ1v) is 8.48. The van der Waals surface area contributed by atoms with Crippen LogP contribution < -0.4 is 0 Å². The first kappa shape index (κ1) is 16.2. The Hall–Kier alpha value is -1.64. The Labute approximate surface area is 142 Å². The normalized spacial score (nSPS) is 16.3. The quantitative estimate of drug-likeness (QED) is 0.778. The van der Waals surface area contributed by atoms with E-state index in [-0.39, 0.29) is 11.2 Å². The minimum absolute atomic E-state index is 0.0731. The van der Waals surface area contributed by atoms with Crippen LogP contribution in [0.2, 0.25) is 5.02 Å². The molecule has 0 N–H and O–H groups in total. The van der Waals surface area contributed by atoms with Gasteiger partial charge in [0.15, 0.2) is 0 Å². The smallest absolute Gasteiger partial charge is 0.236 e. The summed E-state index contributed by atoms with van der Waals surface area (Å²) in [6, 6.07) is 7.21. The molecule has 0 bridgehead atoms. The summed E-state index contributed by atoms with van der Waals surface area (Å²) in [6.07, 6.45) is 0. The molecule has 0 radical (unpaired) electrons. The van der Waals surface area contributed by atoms with E-state index in [1.165, 1.54) is 11.8 Å². The van der Waals surface area contributed by atoms with Gasteiger partial charge in [0.05, 0.1) is 24.2 Å². The molecule has 7 nitrogen and oxygen atoms in total. The molecule has 1 aromatic heterocycles. The van der Waals surface area contributed by atoms with E-state index in [0.717, 1.165) is 5.69 Å². The third kappa shape index (κ3) is 3.82. The number of carbonyl (C=O) groups is 1. The van der Waals surface area contributed by atoms with Gasteiger partial charge in [-0.15, -0.1) is 5.10 Å². The zero-order valence-electron chi connectivity index (χ0n) is 12.6. The van der Waals surface area contributed by atoms with Crippen molar-refractivity contribution in [1.82, 2.24) is 25.1 Å². The van der Waals surface area contributed by atoms with Crippen LogP contribution in [-0.4, -0.2) is 62.6 Å². The highest BCUT2D eigenvalue weighted by Crippen LogP contribution is 2.25. The molecule has 122 valence electrons. The van der Waals surface area contributed by atoms with Gasteiger partial charge in [-0.05, 0) is 41.6 Å². The van der Waals surface area contributed by atoms with Gasteiger partial charge in [-0.25, -0.2) is 0 Å². The van der Waals surface area contributed by atoms with E-state index >= 15 is 0 Å². The van der Waals surface area contributed by atoms with Crippen LogP contribution in [0.15, 0.2) is 29.4 Å². The number of hydrogen-bond donors (Lipinski definition) is 0. The van der Waals surface area contributed by atoms with E-state index in [2.05, 4.69) is 15.5 Å². The second-order valence-corrected chi connectivity index (χ2v) is 6.79. The summed E-state index contributed by atoms with van der Waals surface area (Å²) in [6.45, 7) is 4.30. The second-order valence-electron chi connectivity index (χ2n) is 5.05. The highest BCUT2D eigenvalue weighted by Gasteiger charge is 2.25. The lowest BCUT2D eigenvalue weighted by atomic mass is 10.3. The number of halogens is 1. The monoisotopic (exact) mass is 353 g/mol. The first-order chi connectivity index (χ1) is 11.1. The maximum atomic E-state index is 12.5. The van der Waals surface area contributed by atoms with E-state index in [1.54, 1.807) is 16.8 Å². The van der Waals surface area contributed by atoms with Gasteiger partial charge in [-0.2, -0.15) is 4.68 Å². The van der Waals surface area contributed by atoms with Gasteiger partial charge >= 0.3 is 0 Å². The zero-order valence-corrected chi connectivity index (χ0v) is 14.1. The maximum Gasteiger partial charge on any atom is 0.236 e. The lowest BCUT2D eigenvalue weighted by Crippen LogP contribution is -2.44. The number of ether oxygens (including phenoxy) is 1. The molecule has 2 heterocycles. The summed E-state index contributed by atoms with van der Waals surface area (Å²) in [5, 5.41) is 12.7. The van der Waals surface area contributed by atoms with Crippen molar-refractivity contribution in [3.63, 3.8) is 0 Å². The number of hydrogen-bond acceptors (Lipinski definition) is 6. The second kappa shape index (κ2) is 7.29. The van der Waals surface area contributed by atoms with E-state index in [9.17, 15) is 4.79 Å². The van der Waals surface area contributed by atoms with Gasteiger partial charge in [-0.3, -0.25) is 4.79 Å². The highest BCUT2D eigenvalue weighted by molar-refractivity contribution is 8.00. The van der Waals surface area contributed by atoms with Crippen LogP contribution >= 0.6 is 23.4 Å². The fourth-order valence-electron chi connectivity index (χ4n) is 2.25. The maximum absolute atomic E-state index is 12.5. The molecule has 1 unspecified atom stereocenters. The summed E-state index contributed by atoms with van der Waals surface area (Å²) in [5.74, 6) is 0.0731. The van der Waals surface area contributed by atoms with Gasteiger partial charge in [0.2, 0.25) is 11.1 Å². The molecular weight excluding hydrogens is 338 g/mol.